The number of carbonyl (C=O) groups is 1. The Labute approximate surface area is 160 Å². The van der Waals surface area contributed by atoms with Crippen LogP contribution < -0.4 is 0 Å². The van der Waals surface area contributed by atoms with Gasteiger partial charge in [-0.2, -0.15) is 4.31 Å². The molecule has 3 rings (SSSR count). The SMILES string of the molecule is O=C(Cc1ccc(Br)cc1)N1CCN(S(=O)(=O)c2cccc(F)c2)CC1. The van der Waals surface area contributed by atoms with Crippen molar-refractivity contribution < 1.29 is 17.6 Å². The van der Waals surface area contributed by atoms with Crippen LogP contribution in [0.25, 0.3) is 0 Å². The van der Waals surface area contributed by atoms with Crippen LogP contribution >= 0.6 is 15.9 Å². The monoisotopic (exact) mass is 440 g/mol. The molecule has 0 spiro atoms. The number of amides is 1. The first-order chi connectivity index (χ1) is 12.4. The lowest BCUT2D eigenvalue weighted by molar-refractivity contribution is -0.131. The molecule has 1 fully saturated rings. The lowest BCUT2D eigenvalue weighted by Crippen LogP contribution is -2.50. The van der Waals surface area contributed by atoms with Crippen LogP contribution in [0.4, 0.5) is 4.39 Å². The minimum atomic E-state index is -3.75. The first-order valence-electron chi connectivity index (χ1n) is 8.14. The number of nitrogens with zero attached hydrogens (tertiary/aromatic N) is 2. The number of piperazine rings is 1. The first kappa shape index (κ1) is 19.0. The highest BCUT2D eigenvalue weighted by Crippen LogP contribution is 2.19. The number of carbonyl (C=O) groups excluding carboxylic acids is 1. The van der Waals surface area contributed by atoms with Crippen molar-refractivity contribution in [2.45, 2.75) is 11.3 Å². The van der Waals surface area contributed by atoms with Gasteiger partial charge in [0.05, 0.1) is 11.3 Å². The molecule has 8 heteroatoms. The van der Waals surface area contributed by atoms with Crippen LogP contribution in [0.1, 0.15) is 5.56 Å². The average molecular weight is 441 g/mol. The van der Waals surface area contributed by atoms with Crippen molar-refractivity contribution in [1.29, 1.82) is 0 Å². The molecule has 0 unspecified atom stereocenters. The fourth-order valence-corrected chi connectivity index (χ4v) is 4.56. The topological polar surface area (TPSA) is 57.7 Å². The molecule has 1 heterocycles. The van der Waals surface area contributed by atoms with Gasteiger partial charge in [0, 0.05) is 30.7 Å². The summed E-state index contributed by atoms with van der Waals surface area (Å²) in [6.07, 6.45) is 0.282. The van der Waals surface area contributed by atoms with Crippen LogP contribution in [0, 0.1) is 5.82 Å². The third-order valence-corrected chi connectivity index (χ3v) is 6.72. The van der Waals surface area contributed by atoms with Gasteiger partial charge in [-0.25, -0.2) is 12.8 Å². The second-order valence-corrected chi connectivity index (χ2v) is 8.90. The van der Waals surface area contributed by atoms with Crippen molar-refractivity contribution in [3.63, 3.8) is 0 Å². The van der Waals surface area contributed by atoms with Gasteiger partial charge in [0.25, 0.3) is 0 Å². The molecule has 1 aliphatic rings. The van der Waals surface area contributed by atoms with E-state index in [0.717, 1.165) is 16.1 Å². The molecule has 2 aromatic carbocycles. The molecule has 26 heavy (non-hydrogen) atoms. The zero-order valence-corrected chi connectivity index (χ0v) is 16.3. The smallest absolute Gasteiger partial charge is 0.243 e. The van der Waals surface area contributed by atoms with Gasteiger partial charge >= 0.3 is 0 Å². The maximum atomic E-state index is 13.3. The number of benzene rings is 2. The lowest BCUT2D eigenvalue weighted by atomic mass is 10.1. The molecule has 0 saturated carbocycles. The summed E-state index contributed by atoms with van der Waals surface area (Å²) in [4.78, 5) is 14.0. The minimum absolute atomic E-state index is 0.0323. The fraction of sp³-hybridized carbons (Fsp3) is 0.278. The fourth-order valence-electron chi connectivity index (χ4n) is 2.84. The Hall–Kier alpha value is -1.77. The zero-order valence-electron chi connectivity index (χ0n) is 13.9. The molecule has 0 radical (unpaired) electrons. The molecule has 0 aromatic heterocycles. The highest BCUT2D eigenvalue weighted by Gasteiger charge is 2.30. The molecule has 5 nitrogen and oxygen atoms in total. The summed E-state index contributed by atoms with van der Waals surface area (Å²) >= 11 is 3.36. The van der Waals surface area contributed by atoms with Gasteiger partial charge in [-0.1, -0.05) is 34.1 Å². The van der Waals surface area contributed by atoms with E-state index in [2.05, 4.69) is 15.9 Å². The average Bonchev–Trinajstić information content (AvgIpc) is 2.64. The molecule has 0 aliphatic carbocycles. The third-order valence-electron chi connectivity index (χ3n) is 4.29. The molecular formula is C18H18BrFN2O3S. The number of halogens is 2. The van der Waals surface area contributed by atoms with Crippen LogP contribution in [0.2, 0.25) is 0 Å². The van der Waals surface area contributed by atoms with Gasteiger partial charge in [0.1, 0.15) is 5.82 Å². The molecule has 0 bridgehead atoms. The first-order valence-corrected chi connectivity index (χ1v) is 10.4. The molecular weight excluding hydrogens is 423 g/mol. The third kappa shape index (κ3) is 4.31. The van der Waals surface area contributed by atoms with E-state index in [4.69, 9.17) is 0 Å². The van der Waals surface area contributed by atoms with E-state index in [1.165, 1.54) is 22.5 Å². The second-order valence-electron chi connectivity index (χ2n) is 6.05. The Morgan fingerprint density at radius 3 is 2.31 bits per heavy atom. The Kier molecular flexibility index (Phi) is 5.74. The standard InChI is InChI=1S/C18H18BrFN2O3S/c19-15-6-4-14(5-7-15)12-18(23)21-8-10-22(11-9-21)26(24,25)17-3-1-2-16(20)13-17/h1-7,13H,8-12H2. The summed E-state index contributed by atoms with van der Waals surface area (Å²) in [5.74, 6) is -0.621. The summed E-state index contributed by atoms with van der Waals surface area (Å²) in [6, 6.07) is 12.5. The van der Waals surface area contributed by atoms with Crippen molar-refractivity contribution >= 4 is 31.9 Å². The summed E-state index contributed by atoms with van der Waals surface area (Å²) in [5, 5.41) is 0. The number of hydrogen-bond acceptors (Lipinski definition) is 3. The van der Waals surface area contributed by atoms with Gasteiger partial charge < -0.3 is 4.90 Å². The molecule has 1 saturated heterocycles. The van der Waals surface area contributed by atoms with Gasteiger partial charge in [0.2, 0.25) is 15.9 Å². The van der Waals surface area contributed by atoms with Gasteiger partial charge in [0.15, 0.2) is 0 Å². The van der Waals surface area contributed by atoms with E-state index in [1.807, 2.05) is 24.3 Å². The van der Waals surface area contributed by atoms with E-state index < -0.39 is 15.8 Å². The van der Waals surface area contributed by atoms with Crippen LogP contribution in [-0.2, 0) is 21.2 Å². The van der Waals surface area contributed by atoms with Crippen molar-refractivity contribution in [3.8, 4) is 0 Å². The summed E-state index contributed by atoms with van der Waals surface area (Å²) < 4.78 is 40.8. The Morgan fingerprint density at radius 2 is 1.69 bits per heavy atom. The highest BCUT2D eigenvalue weighted by atomic mass is 79.9. The zero-order chi connectivity index (χ0) is 18.7. The van der Waals surface area contributed by atoms with Crippen LogP contribution in [0.3, 0.4) is 0 Å². The lowest BCUT2D eigenvalue weighted by Gasteiger charge is -2.34. The summed E-state index contributed by atoms with van der Waals surface area (Å²) in [7, 11) is -3.75. The molecule has 138 valence electrons. The molecule has 1 aliphatic heterocycles. The maximum absolute atomic E-state index is 13.3. The molecule has 0 N–H and O–H groups in total. The maximum Gasteiger partial charge on any atom is 0.243 e. The predicted molar refractivity (Wildman–Crippen MR) is 99.6 cm³/mol. The Balaban J connectivity index is 1.61. The van der Waals surface area contributed by atoms with Crippen LogP contribution in [-0.4, -0.2) is 49.7 Å². The predicted octanol–water partition coefficient (Wildman–Crippen LogP) is 2.66. The number of sulfonamides is 1. The van der Waals surface area contributed by atoms with E-state index in [1.54, 1.807) is 4.90 Å². The highest BCUT2D eigenvalue weighted by molar-refractivity contribution is 9.10. The minimum Gasteiger partial charge on any atom is -0.340 e. The molecule has 1 amide bonds. The van der Waals surface area contributed by atoms with E-state index in [-0.39, 0.29) is 30.3 Å². The Morgan fingerprint density at radius 1 is 1.04 bits per heavy atom. The van der Waals surface area contributed by atoms with E-state index in [0.29, 0.717) is 13.1 Å². The van der Waals surface area contributed by atoms with Crippen molar-refractivity contribution in [1.82, 2.24) is 9.21 Å². The van der Waals surface area contributed by atoms with Gasteiger partial charge in [-0.05, 0) is 35.9 Å². The van der Waals surface area contributed by atoms with Gasteiger partial charge in [-0.3, -0.25) is 4.79 Å². The molecule has 0 atom stereocenters. The van der Waals surface area contributed by atoms with E-state index in [9.17, 15) is 17.6 Å². The number of rotatable bonds is 4. The molecule has 2 aromatic rings. The second kappa shape index (κ2) is 7.85. The van der Waals surface area contributed by atoms with Crippen LogP contribution in [0.5, 0.6) is 0 Å². The normalized spacial score (nSPS) is 15.8. The van der Waals surface area contributed by atoms with Crippen LogP contribution in [0.15, 0.2) is 57.9 Å². The summed E-state index contributed by atoms with van der Waals surface area (Å²) in [6.45, 7) is 1.05. The summed E-state index contributed by atoms with van der Waals surface area (Å²) in [5.41, 5.74) is 0.910. The van der Waals surface area contributed by atoms with Crippen molar-refractivity contribution in [3.05, 3.63) is 64.4 Å². The largest absolute Gasteiger partial charge is 0.340 e. The van der Waals surface area contributed by atoms with Crippen molar-refractivity contribution in [2.24, 2.45) is 0 Å². The van der Waals surface area contributed by atoms with Gasteiger partial charge in [-0.15, -0.1) is 0 Å². The van der Waals surface area contributed by atoms with Crippen molar-refractivity contribution in [2.75, 3.05) is 26.2 Å². The van der Waals surface area contributed by atoms with E-state index >= 15 is 0 Å². The quantitative estimate of drug-likeness (QED) is 0.733. The Bertz CT molecular complexity index is 895. The number of hydrogen-bond donors (Lipinski definition) is 0.